The summed E-state index contributed by atoms with van der Waals surface area (Å²) in [4.78, 5) is 19.8. The smallest absolute Gasteiger partial charge is 0.350 e. The molecule has 1 atom stereocenters. The molecule has 1 aromatic rings. The van der Waals surface area contributed by atoms with Crippen molar-refractivity contribution in [2.24, 2.45) is 10.9 Å². The minimum Gasteiger partial charge on any atom is -0.477 e. The van der Waals surface area contributed by atoms with Crippen LogP contribution in [0.4, 0.5) is 5.82 Å². The van der Waals surface area contributed by atoms with Crippen LogP contribution in [-0.2, 0) is 4.79 Å². The first-order valence-electron chi connectivity index (χ1n) is 6.54. The third kappa shape index (κ3) is 1.82. The van der Waals surface area contributed by atoms with Crippen molar-refractivity contribution in [1.29, 1.82) is 0 Å². The van der Waals surface area contributed by atoms with Gasteiger partial charge in [-0.1, -0.05) is 25.3 Å². The van der Waals surface area contributed by atoms with E-state index in [-0.39, 0.29) is 11.6 Å². The highest BCUT2D eigenvalue weighted by Crippen LogP contribution is 2.43. The first-order valence-corrected chi connectivity index (χ1v) is 6.54. The first kappa shape index (κ1) is 11.4. The molecule has 18 heavy (non-hydrogen) atoms. The molecular weight excluding hydrogens is 228 g/mol. The molecule has 1 fully saturated rings. The second-order valence-corrected chi connectivity index (χ2v) is 5.09. The van der Waals surface area contributed by atoms with Crippen molar-refractivity contribution in [2.45, 2.75) is 38.0 Å². The van der Waals surface area contributed by atoms with Crippen LogP contribution in [0.1, 0.15) is 43.6 Å². The topological polar surface area (TPSA) is 62.5 Å². The van der Waals surface area contributed by atoms with Crippen molar-refractivity contribution < 1.29 is 9.90 Å². The quantitative estimate of drug-likeness (QED) is 0.870. The summed E-state index contributed by atoms with van der Waals surface area (Å²) in [7, 11) is 0. The summed E-state index contributed by atoms with van der Waals surface area (Å²) in [6, 6.07) is 3.84. The molecule has 0 saturated heterocycles. The van der Waals surface area contributed by atoms with Crippen LogP contribution in [-0.4, -0.2) is 21.8 Å². The van der Waals surface area contributed by atoms with Gasteiger partial charge in [-0.3, -0.25) is 0 Å². The van der Waals surface area contributed by atoms with Gasteiger partial charge in [0.1, 0.15) is 5.71 Å². The van der Waals surface area contributed by atoms with Gasteiger partial charge in [-0.15, -0.1) is 0 Å². The minimum absolute atomic E-state index is 0.0495. The Bertz CT molecular complexity index is 504. The van der Waals surface area contributed by atoms with E-state index in [2.05, 4.69) is 9.98 Å². The fourth-order valence-corrected chi connectivity index (χ4v) is 3.20. The van der Waals surface area contributed by atoms with Crippen molar-refractivity contribution in [3.63, 3.8) is 0 Å². The molecule has 0 bridgehead atoms. The standard InChI is InChI=1S/C14H16N2O2/c17-14(18)12-11(9-5-2-1-3-6-9)10-7-4-8-15-13(10)16-12/h4,7-9,11H,1-3,5-6H2,(H,17,18). The Morgan fingerprint density at radius 3 is 2.78 bits per heavy atom. The van der Waals surface area contributed by atoms with Crippen LogP contribution >= 0.6 is 0 Å². The highest BCUT2D eigenvalue weighted by Gasteiger charge is 2.38. The van der Waals surface area contributed by atoms with Crippen LogP contribution in [0.15, 0.2) is 23.3 Å². The molecule has 94 valence electrons. The molecule has 1 aliphatic carbocycles. The van der Waals surface area contributed by atoms with E-state index in [9.17, 15) is 9.90 Å². The van der Waals surface area contributed by atoms with E-state index in [0.717, 1.165) is 18.4 Å². The predicted octanol–water partition coefficient (Wildman–Crippen LogP) is 2.92. The predicted molar refractivity (Wildman–Crippen MR) is 68.3 cm³/mol. The van der Waals surface area contributed by atoms with Crippen LogP contribution in [0.5, 0.6) is 0 Å². The van der Waals surface area contributed by atoms with Gasteiger partial charge in [0.25, 0.3) is 0 Å². The highest BCUT2D eigenvalue weighted by atomic mass is 16.4. The number of carboxylic acid groups (broad SMARTS) is 1. The Hall–Kier alpha value is -1.71. The van der Waals surface area contributed by atoms with Gasteiger partial charge in [-0.2, -0.15) is 0 Å². The fourth-order valence-electron chi connectivity index (χ4n) is 3.20. The van der Waals surface area contributed by atoms with Crippen molar-refractivity contribution in [2.75, 3.05) is 0 Å². The molecule has 4 nitrogen and oxygen atoms in total. The monoisotopic (exact) mass is 244 g/mol. The van der Waals surface area contributed by atoms with Crippen LogP contribution < -0.4 is 0 Å². The van der Waals surface area contributed by atoms with E-state index in [1.54, 1.807) is 6.20 Å². The van der Waals surface area contributed by atoms with Gasteiger partial charge in [0.15, 0.2) is 5.82 Å². The second kappa shape index (κ2) is 4.52. The lowest BCUT2D eigenvalue weighted by atomic mass is 9.75. The SMILES string of the molecule is O=C(O)C1=Nc2ncccc2C1C1CCCCC1. The molecule has 0 spiro atoms. The third-order valence-corrected chi connectivity index (χ3v) is 4.01. The fraction of sp³-hybridized carbons (Fsp3) is 0.500. The number of hydrogen-bond acceptors (Lipinski definition) is 3. The molecule has 0 radical (unpaired) electrons. The van der Waals surface area contributed by atoms with Crippen LogP contribution in [0.25, 0.3) is 0 Å². The molecule has 4 heteroatoms. The first-order chi connectivity index (χ1) is 8.77. The maximum Gasteiger partial charge on any atom is 0.350 e. The van der Waals surface area contributed by atoms with E-state index in [1.165, 1.54) is 19.3 Å². The van der Waals surface area contributed by atoms with E-state index >= 15 is 0 Å². The van der Waals surface area contributed by atoms with Gasteiger partial charge >= 0.3 is 5.97 Å². The van der Waals surface area contributed by atoms with Gasteiger partial charge < -0.3 is 5.11 Å². The van der Waals surface area contributed by atoms with Crippen LogP contribution in [0.2, 0.25) is 0 Å². The summed E-state index contributed by atoms with van der Waals surface area (Å²) in [5.41, 5.74) is 1.29. The van der Waals surface area contributed by atoms with E-state index < -0.39 is 5.97 Å². The summed E-state index contributed by atoms with van der Waals surface area (Å²) >= 11 is 0. The molecule has 2 heterocycles. The molecule has 2 aliphatic rings. The Balaban J connectivity index is 1.99. The summed E-state index contributed by atoms with van der Waals surface area (Å²) in [6.07, 6.45) is 7.54. The number of carbonyl (C=O) groups is 1. The zero-order chi connectivity index (χ0) is 12.5. The van der Waals surface area contributed by atoms with Gasteiger partial charge in [0.2, 0.25) is 0 Å². The van der Waals surface area contributed by atoms with Crippen molar-refractivity contribution >= 4 is 17.5 Å². The van der Waals surface area contributed by atoms with Gasteiger partial charge in [0, 0.05) is 17.7 Å². The number of nitrogens with zero attached hydrogens (tertiary/aromatic N) is 2. The molecule has 1 saturated carbocycles. The van der Waals surface area contributed by atoms with E-state index in [0.29, 0.717) is 11.7 Å². The van der Waals surface area contributed by atoms with Gasteiger partial charge in [-0.25, -0.2) is 14.8 Å². The maximum atomic E-state index is 11.4. The average molecular weight is 244 g/mol. The summed E-state index contributed by atoms with van der Waals surface area (Å²) in [6.45, 7) is 0. The van der Waals surface area contributed by atoms with Crippen molar-refractivity contribution in [3.05, 3.63) is 23.9 Å². The average Bonchev–Trinajstić information content (AvgIpc) is 2.79. The zero-order valence-electron chi connectivity index (χ0n) is 10.2. The van der Waals surface area contributed by atoms with Gasteiger partial charge in [0.05, 0.1) is 0 Å². The molecule has 0 aromatic carbocycles. The largest absolute Gasteiger partial charge is 0.477 e. The number of rotatable bonds is 2. The van der Waals surface area contributed by atoms with Crippen molar-refractivity contribution in [3.8, 4) is 0 Å². The number of pyridine rings is 1. The molecule has 1 unspecified atom stereocenters. The zero-order valence-corrected chi connectivity index (χ0v) is 10.2. The Labute approximate surface area is 106 Å². The van der Waals surface area contributed by atoms with E-state index in [4.69, 9.17) is 0 Å². The molecular formula is C14H16N2O2. The normalized spacial score (nSPS) is 23.6. The lowest BCUT2D eigenvalue weighted by molar-refractivity contribution is -0.129. The van der Waals surface area contributed by atoms with E-state index in [1.807, 2.05) is 12.1 Å². The number of hydrogen-bond donors (Lipinski definition) is 1. The number of aromatic nitrogens is 1. The maximum absolute atomic E-state index is 11.4. The molecule has 1 aliphatic heterocycles. The minimum atomic E-state index is -0.899. The Kier molecular flexibility index (Phi) is 2.86. The number of aliphatic imine (C=N–C) groups is 1. The lowest BCUT2D eigenvalue weighted by Crippen LogP contribution is -2.26. The number of aliphatic carboxylic acids is 1. The second-order valence-electron chi connectivity index (χ2n) is 5.09. The highest BCUT2D eigenvalue weighted by molar-refractivity contribution is 6.39. The summed E-state index contributed by atoms with van der Waals surface area (Å²) < 4.78 is 0. The molecule has 0 amide bonds. The van der Waals surface area contributed by atoms with Crippen LogP contribution in [0.3, 0.4) is 0 Å². The van der Waals surface area contributed by atoms with Crippen molar-refractivity contribution in [1.82, 2.24) is 4.98 Å². The molecule has 3 rings (SSSR count). The lowest BCUT2D eigenvalue weighted by Gasteiger charge is -2.27. The van der Waals surface area contributed by atoms with Crippen LogP contribution in [0, 0.1) is 5.92 Å². The third-order valence-electron chi connectivity index (χ3n) is 4.01. The number of fused-ring (bicyclic) bond motifs is 1. The Morgan fingerprint density at radius 2 is 2.06 bits per heavy atom. The number of carboxylic acids is 1. The van der Waals surface area contributed by atoms with Gasteiger partial charge in [-0.05, 0) is 24.8 Å². The summed E-state index contributed by atoms with van der Waals surface area (Å²) in [5, 5.41) is 9.33. The Morgan fingerprint density at radius 1 is 1.28 bits per heavy atom. The summed E-state index contributed by atoms with van der Waals surface area (Å²) in [5.74, 6) is 0.0691. The molecule has 1 N–H and O–H groups in total. The molecule has 1 aromatic heterocycles.